The van der Waals surface area contributed by atoms with E-state index < -0.39 is 0 Å². The van der Waals surface area contributed by atoms with Gasteiger partial charge in [-0.25, -0.2) is 4.39 Å². The van der Waals surface area contributed by atoms with Crippen molar-refractivity contribution in [1.82, 2.24) is 0 Å². The molecule has 0 radical (unpaired) electrons. The van der Waals surface area contributed by atoms with Crippen LogP contribution in [-0.2, 0) is 0 Å². The van der Waals surface area contributed by atoms with Gasteiger partial charge in [0.25, 0.3) is 0 Å². The summed E-state index contributed by atoms with van der Waals surface area (Å²) in [6.07, 6.45) is 0.954. The van der Waals surface area contributed by atoms with Crippen molar-refractivity contribution in [1.29, 1.82) is 0 Å². The van der Waals surface area contributed by atoms with Crippen molar-refractivity contribution in [3.63, 3.8) is 0 Å². The maximum atomic E-state index is 13.1. The van der Waals surface area contributed by atoms with Gasteiger partial charge in [0.15, 0.2) is 0 Å². The van der Waals surface area contributed by atoms with Crippen LogP contribution in [0, 0.1) is 23.6 Å². The molecule has 0 amide bonds. The van der Waals surface area contributed by atoms with Crippen molar-refractivity contribution in [3.8, 4) is 17.6 Å². The first-order valence-corrected chi connectivity index (χ1v) is 5.72. The molecule has 0 aliphatic heterocycles. The summed E-state index contributed by atoms with van der Waals surface area (Å²) in [7, 11) is 0. The van der Waals surface area contributed by atoms with E-state index in [-0.39, 0.29) is 24.9 Å². The lowest BCUT2D eigenvalue weighted by molar-refractivity contribution is 0.201. The molecule has 0 bridgehead atoms. The SMILES string of the molecule is CCC(C)C#Cc1cc(F)ccc1OCCO. The highest BCUT2D eigenvalue weighted by Crippen LogP contribution is 2.18. The highest BCUT2D eigenvalue weighted by Gasteiger charge is 2.03. The fourth-order valence-electron chi connectivity index (χ4n) is 1.18. The molecule has 17 heavy (non-hydrogen) atoms. The van der Waals surface area contributed by atoms with Gasteiger partial charge in [0, 0.05) is 5.92 Å². The van der Waals surface area contributed by atoms with Gasteiger partial charge in [-0.1, -0.05) is 25.7 Å². The topological polar surface area (TPSA) is 29.5 Å². The Balaban J connectivity index is 2.93. The molecule has 1 atom stereocenters. The van der Waals surface area contributed by atoms with Crippen LogP contribution in [0.25, 0.3) is 0 Å². The molecule has 1 unspecified atom stereocenters. The van der Waals surface area contributed by atoms with E-state index in [1.807, 2.05) is 13.8 Å². The molecule has 0 saturated carbocycles. The van der Waals surface area contributed by atoms with Crippen molar-refractivity contribution in [2.24, 2.45) is 5.92 Å². The smallest absolute Gasteiger partial charge is 0.135 e. The molecule has 0 aliphatic carbocycles. The van der Waals surface area contributed by atoms with Gasteiger partial charge in [-0.05, 0) is 24.6 Å². The second kappa shape index (κ2) is 6.93. The van der Waals surface area contributed by atoms with Crippen LogP contribution in [0.1, 0.15) is 25.8 Å². The molecule has 0 fully saturated rings. The van der Waals surface area contributed by atoms with Crippen LogP contribution in [0.2, 0.25) is 0 Å². The predicted octanol–water partition coefficient (Wildman–Crippen LogP) is 2.59. The van der Waals surface area contributed by atoms with E-state index in [9.17, 15) is 4.39 Å². The van der Waals surface area contributed by atoms with Crippen molar-refractivity contribution >= 4 is 0 Å². The standard InChI is InChI=1S/C14H17FO2/c1-3-11(2)4-5-12-10-13(15)6-7-14(12)17-9-8-16/h6-7,10-11,16H,3,8-9H2,1-2H3. The van der Waals surface area contributed by atoms with Gasteiger partial charge in [0.05, 0.1) is 12.2 Å². The monoisotopic (exact) mass is 236 g/mol. The molecule has 2 nitrogen and oxygen atoms in total. The molecule has 0 heterocycles. The van der Waals surface area contributed by atoms with Crippen LogP contribution in [0.15, 0.2) is 18.2 Å². The zero-order valence-electron chi connectivity index (χ0n) is 10.2. The molecule has 1 N–H and O–H groups in total. The number of ether oxygens (including phenoxy) is 1. The molecule has 0 spiro atoms. The van der Waals surface area contributed by atoms with E-state index in [0.717, 1.165) is 6.42 Å². The minimum atomic E-state index is -0.338. The van der Waals surface area contributed by atoms with E-state index in [4.69, 9.17) is 9.84 Å². The molecular weight excluding hydrogens is 219 g/mol. The Morgan fingerprint density at radius 2 is 2.24 bits per heavy atom. The minimum Gasteiger partial charge on any atom is -0.490 e. The van der Waals surface area contributed by atoms with E-state index in [2.05, 4.69) is 11.8 Å². The highest BCUT2D eigenvalue weighted by molar-refractivity contribution is 5.46. The molecule has 0 saturated heterocycles. The largest absolute Gasteiger partial charge is 0.490 e. The summed E-state index contributed by atoms with van der Waals surface area (Å²) in [5, 5.41) is 8.69. The number of rotatable bonds is 4. The minimum absolute atomic E-state index is 0.0738. The fourth-order valence-corrected chi connectivity index (χ4v) is 1.18. The third kappa shape index (κ3) is 4.46. The lowest BCUT2D eigenvalue weighted by Crippen LogP contribution is -2.03. The normalized spacial score (nSPS) is 11.5. The second-order valence-corrected chi connectivity index (χ2v) is 3.79. The predicted molar refractivity (Wildman–Crippen MR) is 65.3 cm³/mol. The molecule has 1 rings (SSSR count). The summed E-state index contributed by atoms with van der Waals surface area (Å²) in [6.45, 7) is 4.17. The number of aliphatic hydroxyl groups excluding tert-OH is 1. The Kier molecular flexibility index (Phi) is 5.51. The van der Waals surface area contributed by atoms with Crippen LogP contribution < -0.4 is 4.74 Å². The Bertz CT molecular complexity index is 418. The zero-order chi connectivity index (χ0) is 12.7. The van der Waals surface area contributed by atoms with E-state index in [1.54, 1.807) is 0 Å². The summed E-state index contributed by atoms with van der Waals surface area (Å²) in [6, 6.07) is 4.20. The van der Waals surface area contributed by atoms with Crippen LogP contribution in [0.5, 0.6) is 5.75 Å². The van der Waals surface area contributed by atoms with Crippen LogP contribution in [0.3, 0.4) is 0 Å². The fraction of sp³-hybridized carbons (Fsp3) is 0.429. The van der Waals surface area contributed by atoms with E-state index in [1.165, 1.54) is 18.2 Å². The molecular formula is C14H17FO2. The van der Waals surface area contributed by atoms with Crippen molar-refractivity contribution in [3.05, 3.63) is 29.6 Å². The number of benzene rings is 1. The van der Waals surface area contributed by atoms with Crippen molar-refractivity contribution in [2.45, 2.75) is 20.3 Å². The molecule has 0 aromatic heterocycles. The average Bonchev–Trinajstić information content (AvgIpc) is 2.34. The highest BCUT2D eigenvalue weighted by atomic mass is 19.1. The summed E-state index contributed by atoms with van der Waals surface area (Å²) < 4.78 is 18.4. The first-order chi connectivity index (χ1) is 8.17. The van der Waals surface area contributed by atoms with Gasteiger partial charge in [-0.15, -0.1) is 0 Å². The van der Waals surface area contributed by atoms with Crippen LogP contribution in [-0.4, -0.2) is 18.3 Å². The van der Waals surface area contributed by atoms with E-state index in [0.29, 0.717) is 11.3 Å². The molecule has 1 aromatic carbocycles. The van der Waals surface area contributed by atoms with E-state index >= 15 is 0 Å². The van der Waals surface area contributed by atoms with Gasteiger partial charge in [0.2, 0.25) is 0 Å². The van der Waals surface area contributed by atoms with Gasteiger partial charge >= 0.3 is 0 Å². The summed E-state index contributed by atoms with van der Waals surface area (Å²) in [5.74, 6) is 6.39. The summed E-state index contributed by atoms with van der Waals surface area (Å²) in [4.78, 5) is 0. The molecule has 0 aliphatic rings. The van der Waals surface area contributed by atoms with Crippen LogP contribution in [0.4, 0.5) is 4.39 Å². The Hall–Kier alpha value is -1.53. The Labute approximate surface area is 101 Å². The third-order valence-corrected chi connectivity index (χ3v) is 2.36. The third-order valence-electron chi connectivity index (χ3n) is 2.36. The first-order valence-electron chi connectivity index (χ1n) is 5.72. The molecule has 3 heteroatoms. The summed E-state index contributed by atoms with van der Waals surface area (Å²) in [5.41, 5.74) is 0.527. The summed E-state index contributed by atoms with van der Waals surface area (Å²) >= 11 is 0. The lowest BCUT2D eigenvalue weighted by atomic mass is 10.1. The second-order valence-electron chi connectivity index (χ2n) is 3.79. The molecule has 1 aromatic rings. The maximum Gasteiger partial charge on any atom is 0.135 e. The number of aliphatic hydroxyl groups is 1. The quantitative estimate of drug-likeness (QED) is 0.814. The van der Waals surface area contributed by atoms with Gasteiger partial charge < -0.3 is 9.84 Å². The number of hydrogen-bond acceptors (Lipinski definition) is 2. The maximum absolute atomic E-state index is 13.1. The van der Waals surface area contributed by atoms with Gasteiger partial charge in [-0.3, -0.25) is 0 Å². The van der Waals surface area contributed by atoms with Gasteiger partial charge in [-0.2, -0.15) is 0 Å². The molecule has 92 valence electrons. The Morgan fingerprint density at radius 1 is 1.47 bits per heavy atom. The number of hydrogen-bond donors (Lipinski definition) is 1. The first kappa shape index (κ1) is 13.5. The average molecular weight is 236 g/mol. The van der Waals surface area contributed by atoms with Gasteiger partial charge in [0.1, 0.15) is 18.2 Å². The zero-order valence-corrected chi connectivity index (χ0v) is 10.2. The van der Waals surface area contributed by atoms with Crippen molar-refractivity contribution in [2.75, 3.05) is 13.2 Å². The number of halogens is 1. The van der Waals surface area contributed by atoms with Crippen LogP contribution >= 0.6 is 0 Å². The Morgan fingerprint density at radius 3 is 2.88 bits per heavy atom. The lowest BCUT2D eigenvalue weighted by Gasteiger charge is -2.06. The van der Waals surface area contributed by atoms with Crippen molar-refractivity contribution < 1.29 is 14.2 Å².